The lowest BCUT2D eigenvalue weighted by Gasteiger charge is -2.13. The fourth-order valence-corrected chi connectivity index (χ4v) is 2.38. The van der Waals surface area contributed by atoms with Crippen molar-refractivity contribution in [3.8, 4) is 0 Å². The average molecular weight is 262 g/mol. The Hall–Kier alpha value is -0.970. The maximum absolute atomic E-state index is 12.4. The summed E-state index contributed by atoms with van der Waals surface area (Å²) >= 11 is -0.158. The Bertz CT molecular complexity index is 413. The zero-order chi connectivity index (χ0) is 13.1. The summed E-state index contributed by atoms with van der Waals surface area (Å²) in [7, 11) is 0. The molecular weight excluding hydrogens is 249 g/mol. The van der Waals surface area contributed by atoms with Gasteiger partial charge in [-0.2, -0.15) is 13.2 Å². The first kappa shape index (κ1) is 14.1. The number of benzene rings is 1. The van der Waals surface area contributed by atoms with Crippen LogP contribution in [0.2, 0.25) is 0 Å². The van der Waals surface area contributed by atoms with E-state index in [9.17, 15) is 18.0 Å². The molecule has 5 heteroatoms. The topological polar surface area (TPSA) is 17.1 Å². The van der Waals surface area contributed by atoms with Crippen molar-refractivity contribution in [1.82, 2.24) is 0 Å². The highest BCUT2D eigenvalue weighted by molar-refractivity contribution is 8.00. The van der Waals surface area contributed by atoms with Crippen molar-refractivity contribution < 1.29 is 18.0 Å². The molecule has 0 heterocycles. The van der Waals surface area contributed by atoms with Gasteiger partial charge >= 0.3 is 5.51 Å². The van der Waals surface area contributed by atoms with E-state index >= 15 is 0 Å². The van der Waals surface area contributed by atoms with Crippen molar-refractivity contribution >= 4 is 17.5 Å². The van der Waals surface area contributed by atoms with Gasteiger partial charge in [0.1, 0.15) is 0 Å². The molecule has 0 aromatic heterocycles. The molecule has 0 atom stereocenters. The van der Waals surface area contributed by atoms with Gasteiger partial charge in [-0.05, 0) is 29.8 Å². The third kappa shape index (κ3) is 3.77. The lowest BCUT2D eigenvalue weighted by molar-refractivity contribution is -0.0328. The van der Waals surface area contributed by atoms with E-state index in [0.717, 1.165) is 0 Å². The minimum absolute atomic E-state index is 0.119. The maximum atomic E-state index is 12.4. The van der Waals surface area contributed by atoms with Crippen LogP contribution in [0.1, 0.15) is 36.2 Å². The molecule has 0 unspecified atom stereocenters. The molecule has 1 aromatic rings. The van der Waals surface area contributed by atoms with E-state index in [0.29, 0.717) is 24.0 Å². The summed E-state index contributed by atoms with van der Waals surface area (Å²) < 4.78 is 37.1. The molecule has 1 rings (SSSR count). The fraction of sp³-hybridized carbons (Fsp3) is 0.417. The van der Waals surface area contributed by atoms with Crippen molar-refractivity contribution in [2.75, 3.05) is 0 Å². The van der Waals surface area contributed by atoms with Gasteiger partial charge in [0.2, 0.25) is 0 Å². The molecule has 0 fully saturated rings. The van der Waals surface area contributed by atoms with Crippen LogP contribution in [-0.2, 0) is 6.42 Å². The Balaban J connectivity index is 3.19. The van der Waals surface area contributed by atoms with Crippen LogP contribution >= 0.6 is 11.8 Å². The SMILES string of the molecule is CCC(=O)c1cccc(SC(F)(F)F)c1CC. The quantitative estimate of drug-likeness (QED) is 0.589. The summed E-state index contributed by atoms with van der Waals surface area (Å²) in [6, 6.07) is 4.49. The van der Waals surface area contributed by atoms with Crippen LogP contribution in [0.4, 0.5) is 13.2 Å². The second-order valence-corrected chi connectivity index (χ2v) is 4.57. The summed E-state index contributed by atoms with van der Waals surface area (Å²) in [5, 5.41) is 0. The Labute approximate surface area is 102 Å². The van der Waals surface area contributed by atoms with Crippen molar-refractivity contribution in [1.29, 1.82) is 0 Å². The number of Topliss-reactive ketones (excluding diaryl/α,β-unsaturated/α-hetero) is 1. The smallest absolute Gasteiger partial charge is 0.294 e. The zero-order valence-electron chi connectivity index (χ0n) is 9.60. The van der Waals surface area contributed by atoms with E-state index < -0.39 is 5.51 Å². The fourth-order valence-electron chi connectivity index (χ4n) is 1.60. The average Bonchev–Trinajstić information content (AvgIpc) is 2.25. The predicted octanol–water partition coefficient (Wildman–Crippen LogP) is 4.45. The molecule has 0 aliphatic heterocycles. The van der Waals surface area contributed by atoms with Gasteiger partial charge in [0.25, 0.3) is 0 Å². The van der Waals surface area contributed by atoms with Crippen molar-refractivity contribution in [2.45, 2.75) is 37.1 Å². The van der Waals surface area contributed by atoms with Crippen LogP contribution in [0, 0.1) is 0 Å². The Morgan fingerprint density at radius 2 is 1.94 bits per heavy atom. The highest BCUT2D eigenvalue weighted by Gasteiger charge is 2.30. The van der Waals surface area contributed by atoms with Crippen LogP contribution in [-0.4, -0.2) is 11.3 Å². The molecule has 0 N–H and O–H groups in total. The summed E-state index contributed by atoms with van der Waals surface area (Å²) in [5.74, 6) is -0.119. The third-order valence-corrected chi connectivity index (χ3v) is 3.17. The van der Waals surface area contributed by atoms with Gasteiger partial charge in [0.15, 0.2) is 5.78 Å². The number of hydrogen-bond donors (Lipinski definition) is 0. The molecule has 94 valence electrons. The highest BCUT2D eigenvalue weighted by Crippen LogP contribution is 2.39. The van der Waals surface area contributed by atoms with E-state index in [4.69, 9.17) is 0 Å². The molecule has 0 saturated heterocycles. The van der Waals surface area contributed by atoms with Gasteiger partial charge in [-0.25, -0.2) is 0 Å². The van der Waals surface area contributed by atoms with Gasteiger partial charge in [0.05, 0.1) is 0 Å². The van der Waals surface area contributed by atoms with Crippen LogP contribution in [0.5, 0.6) is 0 Å². The normalized spacial score (nSPS) is 11.6. The second-order valence-electron chi connectivity index (χ2n) is 3.46. The lowest BCUT2D eigenvalue weighted by Crippen LogP contribution is -2.06. The van der Waals surface area contributed by atoms with Crippen molar-refractivity contribution in [2.24, 2.45) is 0 Å². The number of alkyl halides is 3. The van der Waals surface area contributed by atoms with Gasteiger partial charge < -0.3 is 0 Å². The third-order valence-electron chi connectivity index (χ3n) is 2.33. The molecule has 0 amide bonds. The number of ketones is 1. The minimum Gasteiger partial charge on any atom is -0.294 e. The van der Waals surface area contributed by atoms with E-state index in [1.54, 1.807) is 19.9 Å². The van der Waals surface area contributed by atoms with Crippen LogP contribution in [0.15, 0.2) is 23.1 Å². The molecule has 0 radical (unpaired) electrons. The summed E-state index contributed by atoms with van der Waals surface area (Å²) in [6.07, 6.45) is 0.716. The van der Waals surface area contributed by atoms with Gasteiger partial charge in [0, 0.05) is 16.9 Å². The largest absolute Gasteiger partial charge is 0.446 e. The first-order chi connectivity index (χ1) is 7.89. The molecule has 0 aliphatic rings. The van der Waals surface area contributed by atoms with E-state index in [1.807, 2.05) is 0 Å². The van der Waals surface area contributed by atoms with E-state index in [-0.39, 0.29) is 22.4 Å². The van der Waals surface area contributed by atoms with Gasteiger partial charge in [-0.15, -0.1) is 0 Å². The first-order valence-electron chi connectivity index (χ1n) is 5.29. The Morgan fingerprint density at radius 1 is 1.29 bits per heavy atom. The van der Waals surface area contributed by atoms with E-state index in [2.05, 4.69) is 0 Å². The maximum Gasteiger partial charge on any atom is 0.446 e. The Morgan fingerprint density at radius 3 is 2.41 bits per heavy atom. The summed E-state index contributed by atoms with van der Waals surface area (Å²) in [5.41, 5.74) is -3.43. The zero-order valence-corrected chi connectivity index (χ0v) is 10.4. The van der Waals surface area contributed by atoms with Crippen LogP contribution < -0.4 is 0 Å². The molecule has 17 heavy (non-hydrogen) atoms. The predicted molar refractivity (Wildman–Crippen MR) is 62.4 cm³/mol. The number of halogens is 3. The number of carbonyl (C=O) groups is 1. The summed E-state index contributed by atoms with van der Waals surface area (Å²) in [6.45, 7) is 3.45. The van der Waals surface area contributed by atoms with Gasteiger partial charge in [-0.3, -0.25) is 4.79 Å². The number of rotatable bonds is 4. The van der Waals surface area contributed by atoms with E-state index in [1.165, 1.54) is 12.1 Å². The van der Waals surface area contributed by atoms with Crippen molar-refractivity contribution in [3.63, 3.8) is 0 Å². The monoisotopic (exact) mass is 262 g/mol. The molecule has 0 spiro atoms. The molecule has 1 aromatic carbocycles. The number of thioether (sulfide) groups is 1. The number of carbonyl (C=O) groups excluding carboxylic acids is 1. The molecule has 0 saturated carbocycles. The molecule has 0 aliphatic carbocycles. The Kier molecular flexibility index (Phi) is 4.62. The van der Waals surface area contributed by atoms with Crippen LogP contribution in [0.3, 0.4) is 0 Å². The second kappa shape index (κ2) is 5.58. The molecular formula is C12H13F3OS. The van der Waals surface area contributed by atoms with Crippen LogP contribution in [0.25, 0.3) is 0 Å². The van der Waals surface area contributed by atoms with Crippen molar-refractivity contribution in [3.05, 3.63) is 29.3 Å². The molecule has 1 nitrogen and oxygen atoms in total. The minimum atomic E-state index is -4.32. The lowest BCUT2D eigenvalue weighted by atomic mass is 10.0. The summed E-state index contributed by atoms with van der Waals surface area (Å²) in [4.78, 5) is 11.7. The number of hydrogen-bond acceptors (Lipinski definition) is 2. The van der Waals surface area contributed by atoms with Gasteiger partial charge in [-0.1, -0.05) is 26.0 Å². The molecule has 0 bridgehead atoms. The highest BCUT2D eigenvalue weighted by atomic mass is 32.2. The first-order valence-corrected chi connectivity index (χ1v) is 6.11. The standard InChI is InChI=1S/C12H13F3OS/c1-3-8-9(10(16)4-2)6-5-7-11(8)17-12(13,14)15/h5-7H,3-4H2,1-2H3.